The average molecular weight is 890 g/mol. The molecule has 0 bridgehead atoms. The Hall–Kier alpha value is -7.14. The van der Waals surface area contributed by atoms with Crippen molar-refractivity contribution in [1.82, 2.24) is 39.2 Å². The Bertz CT molecular complexity index is 2840. The Morgan fingerprint density at radius 3 is 1.54 bits per heavy atom. The monoisotopic (exact) mass is 888 g/mol. The van der Waals surface area contributed by atoms with E-state index >= 15 is 0 Å². The van der Waals surface area contributed by atoms with E-state index in [9.17, 15) is 18.4 Å². The minimum absolute atomic E-state index is 0.304. The zero-order chi connectivity index (χ0) is 43.5. The van der Waals surface area contributed by atoms with Crippen molar-refractivity contribution >= 4 is 62.4 Å². The van der Waals surface area contributed by atoms with Gasteiger partial charge in [0.15, 0.2) is 11.3 Å². The molecular weight excluding hydrogens is 850 g/mol. The summed E-state index contributed by atoms with van der Waals surface area (Å²) in [5, 5.41) is 8.65. The number of rotatable bonds is 6. The van der Waals surface area contributed by atoms with Crippen LogP contribution in [0, 0.1) is 11.6 Å². The minimum atomic E-state index is -0.729. The molecule has 0 radical (unpaired) electrons. The number of amides is 2. The molecule has 0 atom stereocenters. The molecule has 0 unspecified atom stereocenters. The zero-order valence-electron chi connectivity index (χ0n) is 33.9. The maximum Gasteiger partial charge on any atom is 0.420 e. The fourth-order valence-electron chi connectivity index (χ4n) is 6.01. The van der Waals surface area contributed by atoms with Crippen LogP contribution in [-0.4, -0.2) is 62.6 Å². The molecule has 2 aromatic carbocycles. The highest BCUT2D eigenvalue weighted by molar-refractivity contribution is 9.10. The smallest absolute Gasteiger partial charge is 0.420 e. The van der Waals surface area contributed by atoms with Crippen LogP contribution in [0.1, 0.15) is 41.5 Å². The van der Waals surface area contributed by atoms with Crippen LogP contribution < -0.4 is 9.80 Å². The average Bonchev–Trinajstić information content (AvgIpc) is 3.85. The summed E-state index contributed by atoms with van der Waals surface area (Å²) in [6.07, 6.45) is 8.21. The lowest BCUT2D eigenvalue weighted by Crippen LogP contribution is -2.35. The lowest BCUT2D eigenvalue weighted by molar-refractivity contribution is 0.0586. The highest BCUT2D eigenvalue weighted by Gasteiger charge is 2.30. The molecule has 0 aliphatic carbocycles. The number of ether oxygens (including phenoxy) is 2. The first-order valence-electron chi connectivity index (χ1n) is 18.8. The minimum Gasteiger partial charge on any atom is -0.443 e. The lowest BCUT2D eigenvalue weighted by atomic mass is 10.1. The van der Waals surface area contributed by atoms with Gasteiger partial charge >= 0.3 is 12.2 Å². The molecule has 0 aliphatic heterocycles. The van der Waals surface area contributed by atoms with E-state index in [4.69, 9.17) is 9.47 Å². The van der Waals surface area contributed by atoms with Gasteiger partial charge in [-0.05, 0) is 106 Å². The molecule has 0 spiro atoms. The molecule has 8 aromatic rings. The standard InChI is InChI=1S/C22H19BrFN5O2.C22H20FN5O2/c1-22(2,3)31-21(30)28(14-8-10-25-11-9-14)19-12-18(15-6-4-5-7-17(15)24)27-20-16(23)13-26-29(19)20;1-22(2,3)30-21(29)27(15-8-11-24-12-9-15)20-14-18(16-6-4-5-7-17(16)23)26-19-10-13-25-28(19)20/h4-13H,1-3H3;4-14H,1-3H3. The van der Waals surface area contributed by atoms with Gasteiger partial charge < -0.3 is 9.47 Å². The van der Waals surface area contributed by atoms with Crippen molar-refractivity contribution in [3.8, 4) is 22.5 Å². The summed E-state index contributed by atoms with van der Waals surface area (Å²) in [7, 11) is 0. The van der Waals surface area contributed by atoms with Gasteiger partial charge in [-0.25, -0.2) is 38.1 Å². The van der Waals surface area contributed by atoms with Gasteiger partial charge in [-0.3, -0.25) is 9.97 Å². The summed E-state index contributed by atoms with van der Waals surface area (Å²) >= 11 is 3.43. The second kappa shape index (κ2) is 17.2. The molecule has 6 heterocycles. The Kier molecular flexibility index (Phi) is 11.9. The van der Waals surface area contributed by atoms with Gasteiger partial charge in [0, 0.05) is 54.1 Å². The second-order valence-corrected chi connectivity index (χ2v) is 16.2. The number of pyridine rings is 2. The fraction of sp³-hybridized carbons (Fsp3) is 0.182. The number of carbonyl (C=O) groups excluding carboxylic acids is 2. The molecule has 14 nitrogen and oxygen atoms in total. The molecular formula is C44H39BrF2N10O4. The number of fused-ring (bicyclic) bond motifs is 2. The molecule has 6 aromatic heterocycles. The van der Waals surface area contributed by atoms with Crippen molar-refractivity contribution in [3.63, 3.8) is 0 Å². The Balaban J connectivity index is 0.000000184. The molecule has 17 heteroatoms. The topological polar surface area (TPSA) is 145 Å². The van der Waals surface area contributed by atoms with Gasteiger partial charge in [0.25, 0.3) is 0 Å². The number of hydrogen-bond donors (Lipinski definition) is 0. The molecule has 0 saturated carbocycles. The zero-order valence-corrected chi connectivity index (χ0v) is 35.4. The Morgan fingerprint density at radius 2 is 1.07 bits per heavy atom. The van der Waals surface area contributed by atoms with Gasteiger partial charge in [0.05, 0.1) is 39.6 Å². The van der Waals surface area contributed by atoms with Crippen LogP contribution in [0.2, 0.25) is 0 Å². The Labute approximate surface area is 357 Å². The number of benzene rings is 2. The van der Waals surface area contributed by atoms with E-state index in [-0.39, 0.29) is 0 Å². The number of aromatic nitrogens is 8. The van der Waals surface area contributed by atoms with Gasteiger partial charge in [-0.2, -0.15) is 19.2 Å². The number of hydrogen-bond acceptors (Lipinski definition) is 10. The van der Waals surface area contributed by atoms with Crippen LogP contribution in [0.25, 0.3) is 33.8 Å². The van der Waals surface area contributed by atoms with Crippen LogP contribution in [-0.2, 0) is 9.47 Å². The van der Waals surface area contributed by atoms with E-state index in [1.807, 2.05) is 0 Å². The van der Waals surface area contributed by atoms with Crippen LogP contribution in [0.4, 0.5) is 41.4 Å². The van der Waals surface area contributed by atoms with E-state index in [1.54, 1.807) is 158 Å². The quantitative estimate of drug-likeness (QED) is 0.158. The maximum absolute atomic E-state index is 14.6. The summed E-state index contributed by atoms with van der Waals surface area (Å²) in [6.45, 7) is 10.7. The van der Waals surface area contributed by atoms with E-state index in [0.29, 0.717) is 61.3 Å². The van der Waals surface area contributed by atoms with Crippen LogP contribution in [0.5, 0.6) is 0 Å². The fourth-order valence-corrected chi connectivity index (χ4v) is 6.36. The summed E-state index contributed by atoms with van der Waals surface area (Å²) in [6, 6.07) is 24.3. The molecule has 0 fully saturated rings. The molecule has 8 rings (SSSR count). The summed E-state index contributed by atoms with van der Waals surface area (Å²) in [4.78, 5) is 46.3. The van der Waals surface area contributed by atoms with E-state index in [2.05, 4.69) is 46.1 Å². The van der Waals surface area contributed by atoms with Crippen molar-refractivity contribution in [3.05, 3.63) is 144 Å². The van der Waals surface area contributed by atoms with E-state index < -0.39 is 35.0 Å². The molecule has 2 amide bonds. The van der Waals surface area contributed by atoms with Crippen molar-refractivity contribution in [2.75, 3.05) is 9.80 Å². The summed E-state index contributed by atoms with van der Waals surface area (Å²) in [5.74, 6) is -0.126. The predicted octanol–water partition coefficient (Wildman–Crippen LogP) is 10.8. The summed E-state index contributed by atoms with van der Waals surface area (Å²) < 4.78 is 43.9. The number of halogens is 3. The van der Waals surface area contributed by atoms with Crippen molar-refractivity contribution in [1.29, 1.82) is 0 Å². The Morgan fingerprint density at radius 1 is 0.607 bits per heavy atom. The van der Waals surface area contributed by atoms with Crippen molar-refractivity contribution in [2.24, 2.45) is 0 Å². The first kappa shape index (κ1) is 42.0. The number of carbonyl (C=O) groups is 2. The van der Waals surface area contributed by atoms with Crippen LogP contribution in [0.15, 0.2) is 133 Å². The van der Waals surface area contributed by atoms with Crippen molar-refractivity contribution < 1.29 is 27.8 Å². The first-order valence-corrected chi connectivity index (χ1v) is 19.6. The van der Waals surface area contributed by atoms with Gasteiger partial charge in [0.2, 0.25) is 0 Å². The largest absolute Gasteiger partial charge is 0.443 e. The third kappa shape index (κ3) is 9.52. The first-order chi connectivity index (χ1) is 29.1. The van der Waals surface area contributed by atoms with E-state index in [0.717, 1.165) is 0 Å². The molecule has 310 valence electrons. The van der Waals surface area contributed by atoms with Gasteiger partial charge in [-0.15, -0.1) is 0 Å². The number of nitrogens with zero attached hydrogens (tertiary/aromatic N) is 10. The number of anilines is 4. The van der Waals surface area contributed by atoms with Gasteiger partial charge in [-0.1, -0.05) is 24.3 Å². The highest BCUT2D eigenvalue weighted by Crippen LogP contribution is 2.35. The third-order valence-electron chi connectivity index (χ3n) is 8.50. The predicted molar refractivity (Wildman–Crippen MR) is 230 cm³/mol. The summed E-state index contributed by atoms with van der Waals surface area (Å²) in [5.41, 5.74) is 1.85. The molecule has 0 aliphatic rings. The van der Waals surface area contributed by atoms with Crippen LogP contribution >= 0.6 is 15.9 Å². The molecule has 0 saturated heterocycles. The van der Waals surface area contributed by atoms with Gasteiger partial charge in [0.1, 0.15) is 34.5 Å². The second-order valence-electron chi connectivity index (χ2n) is 15.3. The molecule has 0 N–H and O–H groups in total. The van der Waals surface area contributed by atoms with Crippen LogP contribution in [0.3, 0.4) is 0 Å². The lowest BCUT2D eigenvalue weighted by Gasteiger charge is -2.27. The SMILES string of the molecule is CC(C)(C)OC(=O)N(c1ccncc1)c1cc(-c2ccccc2F)nc2c(Br)cnn12.CC(C)(C)OC(=O)N(c1ccncc1)c1cc(-c2ccccc2F)nc2ccnn12. The van der Waals surface area contributed by atoms with E-state index in [1.165, 1.54) is 31.0 Å². The normalized spacial score (nSPS) is 11.5. The molecule has 61 heavy (non-hydrogen) atoms. The highest BCUT2D eigenvalue weighted by atomic mass is 79.9. The third-order valence-corrected chi connectivity index (χ3v) is 9.06. The van der Waals surface area contributed by atoms with Crippen molar-refractivity contribution in [2.45, 2.75) is 52.7 Å². The maximum atomic E-state index is 14.6.